The third kappa shape index (κ3) is 6.44. The van der Waals surface area contributed by atoms with Gasteiger partial charge in [-0.15, -0.1) is 24.0 Å². The van der Waals surface area contributed by atoms with Crippen LogP contribution < -0.4 is 24.8 Å². The second-order valence-electron chi connectivity index (χ2n) is 8.02. The predicted molar refractivity (Wildman–Crippen MR) is 143 cm³/mol. The predicted octanol–water partition coefficient (Wildman–Crippen LogP) is 4.05. The lowest BCUT2D eigenvalue weighted by atomic mass is 9.72. The number of nitrogens with zero attached hydrogens (tertiary/aromatic N) is 1. The number of benzene rings is 2. The molecule has 0 saturated carbocycles. The smallest absolute Gasteiger partial charge is 0.203 e. The van der Waals surface area contributed by atoms with Crippen LogP contribution in [-0.4, -0.2) is 54.1 Å². The lowest BCUT2D eigenvalue weighted by molar-refractivity contribution is 0.0512. The van der Waals surface area contributed by atoms with Gasteiger partial charge in [0.1, 0.15) is 0 Å². The molecule has 8 heteroatoms. The lowest BCUT2D eigenvalue weighted by Crippen LogP contribution is -2.48. The van der Waals surface area contributed by atoms with Gasteiger partial charge in [-0.25, -0.2) is 0 Å². The van der Waals surface area contributed by atoms with E-state index in [4.69, 9.17) is 18.9 Å². The molecule has 182 valence electrons. The molecule has 1 aliphatic rings. The summed E-state index contributed by atoms with van der Waals surface area (Å²) < 4.78 is 22.0. The van der Waals surface area contributed by atoms with Crippen molar-refractivity contribution in [3.8, 4) is 17.2 Å². The van der Waals surface area contributed by atoms with Gasteiger partial charge in [0.2, 0.25) is 5.75 Å². The van der Waals surface area contributed by atoms with Crippen LogP contribution in [0.4, 0.5) is 0 Å². The summed E-state index contributed by atoms with van der Waals surface area (Å²) in [6, 6.07) is 12.5. The second-order valence-corrected chi connectivity index (χ2v) is 8.02. The molecule has 2 N–H and O–H groups in total. The maximum absolute atomic E-state index is 5.68. The largest absolute Gasteiger partial charge is 0.493 e. The normalized spacial score (nSPS) is 15.2. The van der Waals surface area contributed by atoms with Gasteiger partial charge in [-0.1, -0.05) is 24.3 Å². The van der Waals surface area contributed by atoms with Crippen molar-refractivity contribution in [3.05, 3.63) is 53.1 Å². The summed E-state index contributed by atoms with van der Waals surface area (Å²) in [5.41, 5.74) is 3.72. The van der Waals surface area contributed by atoms with Crippen LogP contribution in [0.25, 0.3) is 0 Å². The molecule has 0 unspecified atom stereocenters. The minimum absolute atomic E-state index is 0. The van der Waals surface area contributed by atoms with Gasteiger partial charge in [-0.3, -0.25) is 4.99 Å². The van der Waals surface area contributed by atoms with Gasteiger partial charge in [0.05, 0.1) is 21.3 Å². The Hall–Kier alpha value is -2.20. The number of hydrogen-bond donors (Lipinski definition) is 2. The fraction of sp³-hybridized carbons (Fsp3) is 0.480. The first-order valence-electron chi connectivity index (χ1n) is 10.9. The molecule has 0 atom stereocenters. The molecule has 0 aromatic heterocycles. The van der Waals surface area contributed by atoms with Crippen LogP contribution in [0.5, 0.6) is 17.2 Å². The van der Waals surface area contributed by atoms with E-state index in [0.717, 1.165) is 44.1 Å². The standard InChI is InChI=1S/C25H35N3O4.HI/c1-18-8-6-7-9-20(18)25(10-12-32-13-11-25)17-28-24(26-2)27-16-19-14-21(29-3)23(31-5)22(15-19)30-4;/h6-9,14-15H,10-13,16-17H2,1-5H3,(H2,26,27,28);1H. The summed E-state index contributed by atoms with van der Waals surface area (Å²) in [4.78, 5) is 4.43. The topological polar surface area (TPSA) is 73.3 Å². The maximum atomic E-state index is 5.68. The van der Waals surface area contributed by atoms with Crippen LogP contribution >= 0.6 is 24.0 Å². The molecule has 2 aromatic rings. The van der Waals surface area contributed by atoms with Crippen molar-refractivity contribution in [3.63, 3.8) is 0 Å². The van der Waals surface area contributed by atoms with Gasteiger partial charge in [-0.05, 0) is 48.6 Å². The monoisotopic (exact) mass is 569 g/mol. The fourth-order valence-corrected chi connectivity index (χ4v) is 4.37. The first-order chi connectivity index (χ1) is 15.6. The van der Waals surface area contributed by atoms with Crippen molar-refractivity contribution < 1.29 is 18.9 Å². The molecule has 2 aromatic carbocycles. The average molecular weight is 569 g/mol. The average Bonchev–Trinajstić information content (AvgIpc) is 2.84. The van der Waals surface area contributed by atoms with Gasteiger partial charge in [0.25, 0.3) is 0 Å². The highest BCUT2D eigenvalue weighted by Crippen LogP contribution is 2.38. The summed E-state index contributed by atoms with van der Waals surface area (Å²) in [5, 5.41) is 6.96. The molecule has 0 spiro atoms. The SMILES string of the molecule is CN=C(NCc1cc(OC)c(OC)c(OC)c1)NCC1(c2ccccc2C)CCOCC1.I. The van der Waals surface area contributed by atoms with E-state index < -0.39 is 0 Å². The molecule has 0 radical (unpaired) electrons. The zero-order valence-corrected chi connectivity index (χ0v) is 22.5. The highest BCUT2D eigenvalue weighted by molar-refractivity contribution is 14.0. The van der Waals surface area contributed by atoms with Crippen LogP contribution in [-0.2, 0) is 16.7 Å². The van der Waals surface area contributed by atoms with Crippen LogP contribution in [0.1, 0.15) is 29.5 Å². The van der Waals surface area contributed by atoms with Crippen molar-refractivity contribution >= 4 is 29.9 Å². The Morgan fingerprint density at radius 2 is 1.64 bits per heavy atom. The van der Waals surface area contributed by atoms with Crippen molar-refractivity contribution in [1.29, 1.82) is 0 Å². The van der Waals surface area contributed by atoms with Crippen molar-refractivity contribution in [1.82, 2.24) is 10.6 Å². The van der Waals surface area contributed by atoms with E-state index in [1.165, 1.54) is 11.1 Å². The molecule has 33 heavy (non-hydrogen) atoms. The van der Waals surface area contributed by atoms with Gasteiger partial charge in [0.15, 0.2) is 17.5 Å². The highest BCUT2D eigenvalue weighted by Gasteiger charge is 2.35. The molecule has 0 bridgehead atoms. The number of methoxy groups -OCH3 is 3. The third-order valence-corrected chi connectivity index (χ3v) is 6.17. The van der Waals surface area contributed by atoms with Crippen molar-refractivity contribution in [2.75, 3.05) is 48.1 Å². The number of nitrogens with one attached hydrogen (secondary N) is 2. The molecule has 1 fully saturated rings. The van der Waals surface area contributed by atoms with E-state index in [9.17, 15) is 0 Å². The summed E-state index contributed by atoms with van der Waals surface area (Å²) in [6.07, 6.45) is 1.96. The second kappa shape index (κ2) is 12.9. The van der Waals surface area contributed by atoms with Gasteiger partial charge < -0.3 is 29.6 Å². The fourth-order valence-electron chi connectivity index (χ4n) is 4.37. The van der Waals surface area contributed by atoms with Gasteiger partial charge in [0, 0.05) is 38.8 Å². The molecular weight excluding hydrogens is 533 g/mol. The summed E-state index contributed by atoms with van der Waals surface area (Å²) >= 11 is 0. The highest BCUT2D eigenvalue weighted by atomic mass is 127. The Bertz CT molecular complexity index is 905. The van der Waals surface area contributed by atoms with Crippen LogP contribution in [0.15, 0.2) is 41.4 Å². The Balaban J connectivity index is 0.00000385. The summed E-state index contributed by atoms with van der Waals surface area (Å²) in [6.45, 7) is 5.08. The molecular formula is C25H36IN3O4. The number of ether oxygens (including phenoxy) is 4. The summed E-state index contributed by atoms with van der Waals surface area (Å²) in [5.74, 6) is 2.60. The number of rotatable bonds is 8. The van der Waals surface area contributed by atoms with Crippen LogP contribution in [0.2, 0.25) is 0 Å². The Labute approximate surface area is 214 Å². The number of hydrogen-bond acceptors (Lipinski definition) is 5. The minimum atomic E-state index is 0. The van der Waals surface area contributed by atoms with E-state index in [-0.39, 0.29) is 29.4 Å². The number of aliphatic imine (C=N–C) groups is 1. The lowest BCUT2D eigenvalue weighted by Gasteiger charge is -2.39. The van der Waals surface area contributed by atoms with E-state index in [1.54, 1.807) is 28.4 Å². The number of guanidine groups is 1. The Morgan fingerprint density at radius 1 is 1.00 bits per heavy atom. The maximum Gasteiger partial charge on any atom is 0.203 e. The van der Waals surface area contributed by atoms with E-state index >= 15 is 0 Å². The first kappa shape index (κ1) is 27.0. The molecule has 1 heterocycles. The molecule has 7 nitrogen and oxygen atoms in total. The molecule has 0 aliphatic carbocycles. The Kier molecular flexibility index (Phi) is 10.6. The third-order valence-electron chi connectivity index (χ3n) is 6.17. The van der Waals surface area contributed by atoms with Crippen LogP contribution in [0.3, 0.4) is 0 Å². The van der Waals surface area contributed by atoms with E-state index in [2.05, 4.69) is 46.8 Å². The first-order valence-corrected chi connectivity index (χ1v) is 10.9. The van der Waals surface area contributed by atoms with E-state index in [1.807, 2.05) is 12.1 Å². The minimum Gasteiger partial charge on any atom is -0.493 e. The molecule has 0 amide bonds. The van der Waals surface area contributed by atoms with Gasteiger partial charge >= 0.3 is 0 Å². The summed E-state index contributed by atoms with van der Waals surface area (Å²) in [7, 11) is 6.63. The van der Waals surface area contributed by atoms with E-state index in [0.29, 0.717) is 23.8 Å². The van der Waals surface area contributed by atoms with Crippen molar-refractivity contribution in [2.45, 2.75) is 31.7 Å². The number of halogens is 1. The molecule has 1 aliphatic heterocycles. The van der Waals surface area contributed by atoms with Gasteiger partial charge in [-0.2, -0.15) is 0 Å². The number of aryl methyl sites for hydroxylation is 1. The van der Waals surface area contributed by atoms with Crippen molar-refractivity contribution in [2.24, 2.45) is 4.99 Å². The molecule has 3 rings (SSSR count). The zero-order chi connectivity index (χ0) is 23.0. The molecule has 1 saturated heterocycles. The Morgan fingerprint density at radius 3 is 2.18 bits per heavy atom. The zero-order valence-electron chi connectivity index (χ0n) is 20.2. The quantitative estimate of drug-likeness (QED) is 0.284. The van der Waals surface area contributed by atoms with Crippen LogP contribution in [0, 0.1) is 6.92 Å².